The highest BCUT2D eigenvalue weighted by atomic mass is 35.5. The minimum atomic E-state index is -3.35. The summed E-state index contributed by atoms with van der Waals surface area (Å²) in [6.07, 6.45) is 1.62. The van der Waals surface area contributed by atoms with Gasteiger partial charge in [0.2, 0.25) is 0 Å². The van der Waals surface area contributed by atoms with Crippen LogP contribution >= 0.6 is 12.4 Å². The van der Waals surface area contributed by atoms with Gasteiger partial charge in [0, 0.05) is 6.04 Å². The first-order valence-electron chi connectivity index (χ1n) is 6.32. The minimum Gasteiger partial charge on any atom is -0.391 e. The Morgan fingerprint density at radius 1 is 1.16 bits per heavy atom. The number of hydrogen-bond donors (Lipinski definition) is 2. The molecule has 2 N–H and O–H groups in total. The SMILES string of the molecule is Cl.O=S(=O)(c1ccccc1)C1CC2CC[C@H](O)C1N2. The Labute approximate surface area is 119 Å². The Balaban J connectivity index is 0.00000133. The third-order valence-corrected chi connectivity index (χ3v) is 6.25. The summed E-state index contributed by atoms with van der Waals surface area (Å²) in [5.41, 5.74) is 0. The fourth-order valence-corrected chi connectivity index (χ4v) is 5.11. The lowest BCUT2D eigenvalue weighted by molar-refractivity contribution is 0.104. The normalized spacial score (nSPS) is 33.7. The highest BCUT2D eigenvalue weighted by Crippen LogP contribution is 2.34. The van der Waals surface area contributed by atoms with E-state index in [4.69, 9.17) is 0 Å². The molecule has 3 rings (SSSR count). The first-order valence-corrected chi connectivity index (χ1v) is 7.87. The number of rotatable bonds is 2. The van der Waals surface area contributed by atoms with E-state index in [1.54, 1.807) is 30.3 Å². The van der Waals surface area contributed by atoms with Gasteiger partial charge in [-0.25, -0.2) is 8.42 Å². The van der Waals surface area contributed by atoms with E-state index in [0.717, 1.165) is 6.42 Å². The average Bonchev–Trinajstić information content (AvgIpc) is 2.75. The lowest BCUT2D eigenvalue weighted by atomic mass is 10.0. The summed E-state index contributed by atoms with van der Waals surface area (Å²) in [5.74, 6) is 0. The Morgan fingerprint density at radius 2 is 1.84 bits per heavy atom. The Bertz CT molecular complexity index is 534. The number of halogens is 1. The Kier molecular flexibility index (Phi) is 4.20. The van der Waals surface area contributed by atoms with Crippen LogP contribution in [-0.2, 0) is 9.84 Å². The van der Waals surface area contributed by atoms with Gasteiger partial charge in [0.25, 0.3) is 0 Å². The molecule has 19 heavy (non-hydrogen) atoms. The van der Waals surface area contributed by atoms with Gasteiger partial charge in [0.05, 0.1) is 22.3 Å². The molecule has 3 unspecified atom stereocenters. The van der Waals surface area contributed by atoms with Crippen LogP contribution in [0.2, 0.25) is 0 Å². The fraction of sp³-hybridized carbons (Fsp3) is 0.538. The first-order chi connectivity index (χ1) is 8.59. The van der Waals surface area contributed by atoms with Crippen LogP contribution in [0.1, 0.15) is 19.3 Å². The molecule has 2 saturated heterocycles. The van der Waals surface area contributed by atoms with E-state index in [0.29, 0.717) is 17.7 Å². The third kappa shape index (κ3) is 2.52. The molecule has 1 aromatic carbocycles. The highest BCUT2D eigenvalue weighted by Gasteiger charge is 2.48. The lowest BCUT2D eigenvalue weighted by Gasteiger charge is -2.28. The molecule has 0 aromatic heterocycles. The van der Waals surface area contributed by atoms with Crippen molar-refractivity contribution in [3.05, 3.63) is 30.3 Å². The van der Waals surface area contributed by atoms with E-state index in [-0.39, 0.29) is 24.5 Å². The van der Waals surface area contributed by atoms with Crippen molar-refractivity contribution >= 4 is 22.2 Å². The topological polar surface area (TPSA) is 66.4 Å². The number of nitrogens with one attached hydrogen (secondary N) is 1. The van der Waals surface area contributed by atoms with Gasteiger partial charge in [0.1, 0.15) is 0 Å². The molecule has 2 heterocycles. The summed E-state index contributed by atoms with van der Waals surface area (Å²) in [5, 5.41) is 12.7. The van der Waals surface area contributed by atoms with Gasteiger partial charge in [-0.05, 0) is 31.4 Å². The molecule has 6 heteroatoms. The summed E-state index contributed by atoms with van der Waals surface area (Å²) in [4.78, 5) is 0.358. The molecule has 2 bridgehead atoms. The van der Waals surface area contributed by atoms with Gasteiger partial charge in [-0.2, -0.15) is 0 Å². The molecular formula is C13H18ClNO3S. The zero-order chi connectivity index (χ0) is 12.8. The van der Waals surface area contributed by atoms with Crippen molar-refractivity contribution in [2.75, 3.05) is 0 Å². The van der Waals surface area contributed by atoms with Gasteiger partial charge >= 0.3 is 0 Å². The fourth-order valence-electron chi connectivity index (χ4n) is 3.09. The monoisotopic (exact) mass is 303 g/mol. The largest absolute Gasteiger partial charge is 0.391 e. The molecule has 106 valence electrons. The molecule has 0 saturated carbocycles. The maximum atomic E-state index is 12.6. The Hall–Kier alpha value is -0.620. The van der Waals surface area contributed by atoms with E-state index in [2.05, 4.69) is 5.32 Å². The van der Waals surface area contributed by atoms with Crippen LogP contribution in [0.25, 0.3) is 0 Å². The second-order valence-electron chi connectivity index (χ2n) is 5.17. The smallest absolute Gasteiger partial charge is 0.182 e. The van der Waals surface area contributed by atoms with Gasteiger partial charge < -0.3 is 10.4 Å². The maximum absolute atomic E-state index is 12.6. The van der Waals surface area contributed by atoms with E-state index in [9.17, 15) is 13.5 Å². The Morgan fingerprint density at radius 3 is 2.53 bits per heavy atom. The second-order valence-corrected chi connectivity index (χ2v) is 7.33. The van der Waals surface area contributed by atoms with Gasteiger partial charge in [-0.15, -0.1) is 12.4 Å². The van der Waals surface area contributed by atoms with Gasteiger partial charge in [-0.1, -0.05) is 18.2 Å². The maximum Gasteiger partial charge on any atom is 0.182 e. The highest BCUT2D eigenvalue weighted by molar-refractivity contribution is 7.92. The number of sulfone groups is 1. The van der Waals surface area contributed by atoms with E-state index < -0.39 is 21.2 Å². The second kappa shape index (κ2) is 5.40. The average molecular weight is 304 g/mol. The van der Waals surface area contributed by atoms with Crippen molar-refractivity contribution in [1.29, 1.82) is 0 Å². The van der Waals surface area contributed by atoms with Crippen LogP contribution in [0.15, 0.2) is 35.2 Å². The van der Waals surface area contributed by atoms with E-state index in [1.807, 2.05) is 0 Å². The third-order valence-electron chi connectivity index (χ3n) is 4.04. The van der Waals surface area contributed by atoms with Crippen LogP contribution in [0, 0.1) is 0 Å². The number of fused-ring (bicyclic) bond motifs is 2. The molecular weight excluding hydrogens is 286 g/mol. The molecule has 0 radical (unpaired) electrons. The molecule has 1 aromatic rings. The van der Waals surface area contributed by atoms with Crippen molar-refractivity contribution in [2.24, 2.45) is 0 Å². The molecule has 0 amide bonds. The first kappa shape index (κ1) is 14.8. The number of benzene rings is 1. The number of aliphatic hydroxyl groups excluding tert-OH is 1. The van der Waals surface area contributed by atoms with Crippen LogP contribution in [0.3, 0.4) is 0 Å². The van der Waals surface area contributed by atoms with Crippen molar-refractivity contribution in [3.63, 3.8) is 0 Å². The molecule has 0 spiro atoms. The minimum absolute atomic E-state index is 0. The zero-order valence-corrected chi connectivity index (χ0v) is 12.0. The van der Waals surface area contributed by atoms with Crippen LogP contribution < -0.4 is 5.32 Å². The molecule has 2 fully saturated rings. The van der Waals surface area contributed by atoms with Crippen LogP contribution in [0.4, 0.5) is 0 Å². The lowest BCUT2D eigenvalue weighted by Crippen LogP contribution is -2.48. The predicted octanol–water partition coefficient (Wildman–Crippen LogP) is 1.14. The molecule has 0 aliphatic carbocycles. The quantitative estimate of drug-likeness (QED) is 0.860. The number of aliphatic hydroxyl groups is 1. The van der Waals surface area contributed by atoms with E-state index in [1.165, 1.54) is 0 Å². The van der Waals surface area contributed by atoms with Crippen molar-refractivity contribution in [2.45, 2.75) is 47.6 Å². The summed E-state index contributed by atoms with van der Waals surface area (Å²) in [6, 6.07) is 8.46. The van der Waals surface area contributed by atoms with Crippen molar-refractivity contribution < 1.29 is 13.5 Å². The summed E-state index contributed by atoms with van der Waals surface area (Å²) < 4.78 is 25.1. The number of piperidine rings is 1. The molecule has 4 atom stereocenters. The van der Waals surface area contributed by atoms with Gasteiger partial charge in [0.15, 0.2) is 9.84 Å². The summed E-state index contributed by atoms with van der Waals surface area (Å²) in [7, 11) is -3.35. The zero-order valence-electron chi connectivity index (χ0n) is 10.4. The van der Waals surface area contributed by atoms with Gasteiger partial charge in [-0.3, -0.25) is 0 Å². The molecule has 2 aliphatic rings. The van der Waals surface area contributed by atoms with Crippen LogP contribution in [0.5, 0.6) is 0 Å². The van der Waals surface area contributed by atoms with Crippen LogP contribution in [-0.4, -0.2) is 37.0 Å². The standard InChI is InChI=1S/C13H17NO3S.ClH/c15-11-7-6-9-8-12(13(11)14-9)18(16,17)10-4-2-1-3-5-10;/h1-5,9,11-15H,6-8H2;1H/t9?,11-,12?,13?;/m0./s1. The van der Waals surface area contributed by atoms with Crippen molar-refractivity contribution in [1.82, 2.24) is 5.32 Å². The number of hydrogen-bond acceptors (Lipinski definition) is 4. The predicted molar refractivity (Wildman–Crippen MR) is 75.2 cm³/mol. The van der Waals surface area contributed by atoms with Crippen molar-refractivity contribution in [3.8, 4) is 0 Å². The molecule has 4 nitrogen and oxygen atoms in total. The summed E-state index contributed by atoms with van der Waals surface area (Å²) >= 11 is 0. The summed E-state index contributed by atoms with van der Waals surface area (Å²) in [6.45, 7) is 0. The van der Waals surface area contributed by atoms with E-state index >= 15 is 0 Å². The molecule has 2 aliphatic heterocycles.